The molecule has 3 aromatic rings. The van der Waals surface area contributed by atoms with Gasteiger partial charge in [-0.05, 0) is 40.0 Å². The molecule has 0 aliphatic rings. The number of nitrogens with one attached hydrogen (secondary N) is 1. The minimum Gasteiger partial charge on any atom is -0.346 e. The van der Waals surface area contributed by atoms with Crippen molar-refractivity contribution < 1.29 is 0 Å². The number of rotatable bonds is 4. The van der Waals surface area contributed by atoms with Crippen molar-refractivity contribution in [3.8, 4) is 0 Å². The average molecular weight is 376 g/mol. The van der Waals surface area contributed by atoms with E-state index in [4.69, 9.17) is 0 Å². The Labute approximate surface area is 140 Å². The fraction of sp³-hybridized carbons (Fsp3) is 0.125. The second kappa shape index (κ2) is 6.46. The predicted molar refractivity (Wildman–Crippen MR) is 94.5 cm³/mol. The van der Waals surface area contributed by atoms with Crippen molar-refractivity contribution in [1.29, 1.82) is 0 Å². The lowest BCUT2D eigenvalue weighted by Gasteiger charge is -2.21. The second-order valence-electron chi connectivity index (χ2n) is 4.70. The van der Waals surface area contributed by atoms with Crippen molar-refractivity contribution in [1.82, 2.24) is 9.97 Å². The maximum Gasteiger partial charge on any atom is 0.197 e. The van der Waals surface area contributed by atoms with Crippen LogP contribution >= 0.6 is 27.3 Å². The van der Waals surface area contributed by atoms with Crippen molar-refractivity contribution in [2.45, 2.75) is 13.3 Å². The van der Waals surface area contributed by atoms with Gasteiger partial charge in [0, 0.05) is 29.5 Å². The number of hydrogen-bond acceptors (Lipinski definition) is 4. The van der Waals surface area contributed by atoms with Crippen LogP contribution in [0.2, 0.25) is 0 Å². The monoisotopic (exact) mass is 375 g/mol. The molecule has 1 N–H and O–H groups in total. The van der Waals surface area contributed by atoms with Gasteiger partial charge in [-0.1, -0.05) is 19.1 Å². The van der Waals surface area contributed by atoms with Crippen LogP contribution in [0.25, 0.3) is 0 Å². The van der Waals surface area contributed by atoms with E-state index in [0.717, 1.165) is 17.2 Å². The van der Waals surface area contributed by atoms with Gasteiger partial charge in [-0.25, -0.2) is 4.98 Å². The molecule has 0 atom stereocenters. The number of benzene rings is 1. The molecule has 112 valence electrons. The van der Waals surface area contributed by atoms with Crippen LogP contribution < -0.4 is 10.3 Å². The van der Waals surface area contributed by atoms with Gasteiger partial charge in [-0.15, -0.1) is 11.3 Å². The maximum absolute atomic E-state index is 11.9. The van der Waals surface area contributed by atoms with Gasteiger partial charge in [0.05, 0.1) is 4.47 Å². The van der Waals surface area contributed by atoms with Gasteiger partial charge in [-0.2, -0.15) is 0 Å². The number of aryl methyl sites for hydroxylation is 1. The molecule has 0 saturated heterocycles. The summed E-state index contributed by atoms with van der Waals surface area (Å²) in [5, 5.41) is 2.72. The van der Waals surface area contributed by atoms with E-state index in [1.165, 1.54) is 16.9 Å². The molecule has 0 radical (unpaired) electrons. The minimum absolute atomic E-state index is 0.0690. The first kappa shape index (κ1) is 15.0. The molecule has 2 heterocycles. The number of aromatic amines is 1. The van der Waals surface area contributed by atoms with Crippen LogP contribution in [0.15, 0.2) is 57.4 Å². The third-order valence-corrected chi connectivity index (χ3v) is 4.68. The van der Waals surface area contributed by atoms with Crippen molar-refractivity contribution >= 4 is 43.9 Å². The van der Waals surface area contributed by atoms with Gasteiger partial charge in [0.15, 0.2) is 10.6 Å². The fourth-order valence-electron chi connectivity index (χ4n) is 2.13. The third kappa shape index (κ3) is 2.98. The number of H-pyrrole nitrogens is 1. The van der Waals surface area contributed by atoms with Crippen LogP contribution in [-0.2, 0) is 6.42 Å². The molecule has 0 aliphatic carbocycles. The Balaban J connectivity index is 2.11. The molecule has 2 aromatic heterocycles. The SMILES string of the molecule is CCc1ccc(N(c2cc(=O)c(Br)c[nH]2)c2nccs2)cc1. The summed E-state index contributed by atoms with van der Waals surface area (Å²) >= 11 is 4.75. The molecule has 3 rings (SSSR count). The Morgan fingerprint density at radius 3 is 2.68 bits per heavy atom. The lowest BCUT2D eigenvalue weighted by molar-refractivity contribution is 1.12. The van der Waals surface area contributed by atoms with Crippen LogP contribution in [0.5, 0.6) is 0 Å². The molecule has 0 fully saturated rings. The molecule has 4 nitrogen and oxygen atoms in total. The Morgan fingerprint density at radius 1 is 1.32 bits per heavy atom. The first-order chi connectivity index (χ1) is 10.7. The molecular formula is C16H14BrN3OS. The molecule has 0 bridgehead atoms. The van der Waals surface area contributed by atoms with Crippen LogP contribution in [0, 0.1) is 0 Å². The number of halogens is 1. The van der Waals surface area contributed by atoms with Crippen molar-refractivity contribution in [3.05, 3.63) is 68.4 Å². The lowest BCUT2D eigenvalue weighted by atomic mass is 10.1. The summed E-state index contributed by atoms with van der Waals surface area (Å²) < 4.78 is 0.511. The highest BCUT2D eigenvalue weighted by Gasteiger charge is 2.16. The van der Waals surface area contributed by atoms with Crippen molar-refractivity contribution in [3.63, 3.8) is 0 Å². The zero-order valence-electron chi connectivity index (χ0n) is 11.9. The van der Waals surface area contributed by atoms with Crippen LogP contribution in [0.1, 0.15) is 12.5 Å². The normalized spacial score (nSPS) is 10.6. The highest BCUT2D eigenvalue weighted by Crippen LogP contribution is 2.34. The van der Waals surface area contributed by atoms with E-state index in [9.17, 15) is 4.79 Å². The molecule has 0 amide bonds. The quantitative estimate of drug-likeness (QED) is 0.723. The summed E-state index contributed by atoms with van der Waals surface area (Å²) in [5.74, 6) is 0.687. The smallest absolute Gasteiger partial charge is 0.197 e. The summed E-state index contributed by atoms with van der Waals surface area (Å²) in [7, 11) is 0. The van der Waals surface area contributed by atoms with E-state index in [2.05, 4.69) is 45.0 Å². The van der Waals surface area contributed by atoms with Gasteiger partial charge in [0.1, 0.15) is 5.82 Å². The number of hydrogen-bond donors (Lipinski definition) is 1. The Morgan fingerprint density at radius 2 is 2.09 bits per heavy atom. The first-order valence-electron chi connectivity index (χ1n) is 6.86. The Kier molecular flexibility index (Phi) is 4.40. The van der Waals surface area contributed by atoms with E-state index < -0.39 is 0 Å². The highest BCUT2D eigenvalue weighted by atomic mass is 79.9. The molecule has 0 unspecified atom stereocenters. The van der Waals surface area contributed by atoms with Crippen LogP contribution in [0.3, 0.4) is 0 Å². The maximum atomic E-state index is 11.9. The number of thiazole rings is 1. The van der Waals surface area contributed by atoms with Crippen LogP contribution in [-0.4, -0.2) is 9.97 Å². The molecule has 0 aliphatic heterocycles. The van der Waals surface area contributed by atoms with Gasteiger partial charge in [-0.3, -0.25) is 9.69 Å². The van der Waals surface area contributed by atoms with E-state index in [1.807, 2.05) is 22.4 Å². The largest absolute Gasteiger partial charge is 0.346 e. The van der Waals surface area contributed by atoms with E-state index in [1.54, 1.807) is 18.5 Å². The fourth-order valence-corrected chi connectivity index (χ4v) is 3.04. The van der Waals surface area contributed by atoms with Crippen molar-refractivity contribution in [2.75, 3.05) is 4.90 Å². The summed E-state index contributed by atoms with van der Waals surface area (Å²) in [6.07, 6.45) is 4.40. The minimum atomic E-state index is -0.0690. The standard InChI is InChI=1S/C16H14BrN3OS/c1-2-11-3-5-12(6-4-11)20(16-18-7-8-22-16)15-9-14(21)13(17)10-19-15/h3-10H,2H2,1H3,(H,19,21). The number of nitrogens with zero attached hydrogens (tertiary/aromatic N) is 2. The molecule has 6 heteroatoms. The average Bonchev–Trinajstić information content (AvgIpc) is 3.06. The second-order valence-corrected chi connectivity index (χ2v) is 6.43. The lowest BCUT2D eigenvalue weighted by Crippen LogP contribution is -2.14. The highest BCUT2D eigenvalue weighted by molar-refractivity contribution is 9.10. The molecule has 22 heavy (non-hydrogen) atoms. The van der Waals surface area contributed by atoms with E-state index in [0.29, 0.717) is 10.3 Å². The van der Waals surface area contributed by atoms with Gasteiger partial charge < -0.3 is 4.98 Å². The summed E-state index contributed by atoms with van der Waals surface area (Å²) in [6, 6.07) is 9.83. The molecule has 1 aromatic carbocycles. The van der Waals surface area contributed by atoms with Gasteiger partial charge in [0.2, 0.25) is 0 Å². The summed E-state index contributed by atoms with van der Waals surface area (Å²) in [4.78, 5) is 21.4. The van der Waals surface area contributed by atoms with Crippen LogP contribution in [0.4, 0.5) is 16.6 Å². The first-order valence-corrected chi connectivity index (χ1v) is 8.53. The van der Waals surface area contributed by atoms with E-state index >= 15 is 0 Å². The molecule has 0 spiro atoms. The Hall–Kier alpha value is -1.92. The summed E-state index contributed by atoms with van der Waals surface area (Å²) in [5.41, 5.74) is 2.16. The molecular weight excluding hydrogens is 362 g/mol. The number of pyridine rings is 1. The topological polar surface area (TPSA) is 49.0 Å². The number of anilines is 3. The summed E-state index contributed by atoms with van der Waals surface area (Å²) in [6.45, 7) is 2.12. The zero-order valence-corrected chi connectivity index (χ0v) is 14.3. The van der Waals surface area contributed by atoms with Gasteiger partial charge in [0.25, 0.3) is 0 Å². The van der Waals surface area contributed by atoms with E-state index in [-0.39, 0.29) is 5.43 Å². The van der Waals surface area contributed by atoms with Gasteiger partial charge >= 0.3 is 0 Å². The third-order valence-electron chi connectivity index (χ3n) is 3.30. The predicted octanol–water partition coefficient (Wildman–Crippen LogP) is 4.63. The zero-order chi connectivity index (χ0) is 15.5. The van der Waals surface area contributed by atoms with Crippen molar-refractivity contribution in [2.24, 2.45) is 0 Å². The Bertz CT molecular complexity index is 812. The number of aromatic nitrogens is 2. The molecule has 0 saturated carbocycles.